The lowest BCUT2D eigenvalue weighted by molar-refractivity contribution is 1.78. The van der Waals surface area contributed by atoms with E-state index in [-0.39, 0.29) is 0 Å². The summed E-state index contributed by atoms with van der Waals surface area (Å²) < 4.78 is 0. The van der Waals surface area contributed by atoms with Crippen molar-refractivity contribution < 1.29 is 0 Å². The van der Waals surface area contributed by atoms with Crippen LogP contribution < -0.4 is 0 Å². The zero-order chi connectivity index (χ0) is 13.2. The summed E-state index contributed by atoms with van der Waals surface area (Å²) in [5.74, 6) is 5.49. The summed E-state index contributed by atoms with van der Waals surface area (Å²) >= 11 is 5.06. The molecule has 3 aromatic heterocycles. The molecule has 0 atom stereocenters. The van der Waals surface area contributed by atoms with Gasteiger partial charge in [-0.3, -0.25) is 0 Å². The van der Waals surface area contributed by atoms with Crippen LogP contribution in [0.15, 0.2) is 34.3 Å². The Balaban J connectivity index is 2.20. The fourth-order valence-electron chi connectivity index (χ4n) is 1.89. The van der Waals surface area contributed by atoms with Gasteiger partial charge < -0.3 is 0 Å². The first-order valence-electron chi connectivity index (χ1n) is 5.51. The third-order valence-electron chi connectivity index (χ3n) is 2.76. The molecular formula is C16H8S3. The first kappa shape index (κ1) is 12.3. The highest BCUT2D eigenvalue weighted by molar-refractivity contribution is 7.21. The van der Waals surface area contributed by atoms with Gasteiger partial charge in [0.25, 0.3) is 0 Å². The molecule has 0 amide bonds. The number of hydrogen-bond acceptors (Lipinski definition) is 3. The van der Waals surface area contributed by atoms with Crippen LogP contribution in [0.25, 0.3) is 20.2 Å². The van der Waals surface area contributed by atoms with Gasteiger partial charge in [0, 0.05) is 16.7 Å². The van der Waals surface area contributed by atoms with Gasteiger partial charge in [0.2, 0.25) is 0 Å². The molecule has 0 saturated carbocycles. The highest BCUT2D eigenvalue weighted by atomic mass is 32.1. The molecule has 3 rings (SSSR count). The van der Waals surface area contributed by atoms with Crippen LogP contribution >= 0.6 is 34.0 Å². The van der Waals surface area contributed by atoms with E-state index in [1.807, 2.05) is 22.9 Å². The minimum absolute atomic E-state index is 0.948. The molecule has 3 heterocycles. The number of thiophene rings is 3. The second kappa shape index (κ2) is 5.07. The van der Waals surface area contributed by atoms with Crippen LogP contribution in [0.3, 0.4) is 0 Å². The average molecular weight is 296 g/mol. The lowest BCUT2D eigenvalue weighted by atomic mass is 10.1. The molecule has 0 fully saturated rings. The van der Waals surface area contributed by atoms with Gasteiger partial charge in [-0.15, -0.1) is 46.9 Å². The SMILES string of the molecule is C#Cc1ccsc1-c1ccsc1-c1sccc1C#C. The van der Waals surface area contributed by atoms with E-state index < -0.39 is 0 Å². The van der Waals surface area contributed by atoms with Gasteiger partial charge in [0.15, 0.2) is 0 Å². The molecule has 0 radical (unpaired) electrons. The van der Waals surface area contributed by atoms with Gasteiger partial charge in [-0.2, -0.15) is 0 Å². The Hall–Kier alpha value is -1.78. The number of hydrogen-bond donors (Lipinski definition) is 0. The first-order chi connectivity index (χ1) is 9.35. The first-order valence-corrected chi connectivity index (χ1v) is 8.15. The highest BCUT2D eigenvalue weighted by Crippen LogP contribution is 2.43. The fourth-order valence-corrected chi connectivity index (χ4v) is 4.80. The van der Waals surface area contributed by atoms with Crippen LogP contribution in [0, 0.1) is 24.7 Å². The van der Waals surface area contributed by atoms with Gasteiger partial charge in [-0.05, 0) is 34.3 Å². The molecule has 0 bridgehead atoms. The van der Waals surface area contributed by atoms with Gasteiger partial charge in [0.05, 0.1) is 14.6 Å². The summed E-state index contributed by atoms with van der Waals surface area (Å²) in [5.41, 5.74) is 3.09. The Morgan fingerprint density at radius 1 is 0.684 bits per heavy atom. The van der Waals surface area contributed by atoms with Crippen LogP contribution in [0.5, 0.6) is 0 Å². The minimum Gasteiger partial charge on any atom is -0.142 e. The Kier molecular flexibility index (Phi) is 3.27. The van der Waals surface area contributed by atoms with Crippen LogP contribution in [0.1, 0.15) is 11.1 Å². The van der Waals surface area contributed by atoms with E-state index in [1.54, 1.807) is 34.0 Å². The van der Waals surface area contributed by atoms with Crippen molar-refractivity contribution in [2.24, 2.45) is 0 Å². The summed E-state index contributed by atoms with van der Waals surface area (Å²) in [7, 11) is 0. The van der Waals surface area contributed by atoms with E-state index in [2.05, 4.69) is 23.3 Å². The van der Waals surface area contributed by atoms with Crippen molar-refractivity contribution in [1.82, 2.24) is 0 Å². The Morgan fingerprint density at radius 2 is 1.21 bits per heavy atom. The van der Waals surface area contributed by atoms with Crippen molar-refractivity contribution in [3.8, 4) is 44.9 Å². The van der Waals surface area contributed by atoms with Crippen LogP contribution in [0.2, 0.25) is 0 Å². The zero-order valence-electron chi connectivity index (χ0n) is 9.84. The Morgan fingerprint density at radius 3 is 1.89 bits per heavy atom. The molecule has 0 aliphatic carbocycles. The second-order valence-corrected chi connectivity index (χ2v) is 6.53. The maximum atomic E-state index is 5.56. The summed E-state index contributed by atoms with van der Waals surface area (Å²) in [4.78, 5) is 3.51. The van der Waals surface area contributed by atoms with Crippen molar-refractivity contribution >= 4 is 34.0 Å². The van der Waals surface area contributed by atoms with Crippen LogP contribution in [-0.4, -0.2) is 0 Å². The summed E-state index contributed by atoms with van der Waals surface area (Å²) in [6.45, 7) is 0. The van der Waals surface area contributed by atoms with Gasteiger partial charge >= 0.3 is 0 Å². The zero-order valence-corrected chi connectivity index (χ0v) is 12.3. The van der Waals surface area contributed by atoms with Crippen LogP contribution in [0.4, 0.5) is 0 Å². The average Bonchev–Trinajstić information content (AvgIpc) is 3.16. The molecule has 3 aromatic rings. The summed E-state index contributed by atoms with van der Waals surface area (Å²) in [6.07, 6.45) is 11.1. The predicted octanol–water partition coefficient (Wildman–Crippen LogP) is 5.17. The predicted molar refractivity (Wildman–Crippen MR) is 86.8 cm³/mol. The van der Waals surface area contributed by atoms with Crippen molar-refractivity contribution in [1.29, 1.82) is 0 Å². The Bertz CT molecular complexity index is 733. The second-order valence-electron chi connectivity index (χ2n) is 3.78. The van der Waals surface area contributed by atoms with Gasteiger partial charge in [-0.25, -0.2) is 0 Å². The summed E-state index contributed by atoms with van der Waals surface area (Å²) in [5, 5.41) is 6.15. The molecule has 0 aliphatic heterocycles. The lowest BCUT2D eigenvalue weighted by Crippen LogP contribution is -1.78. The minimum atomic E-state index is 0.948. The van der Waals surface area contributed by atoms with Gasteiger partial charge in [0.1, 0.15) is 0 Å². The molecule has 3 heteroatoms. The topological polar surface area (TPSA) is 0 Å². The molecule has 0 aliphatic rings. The normalized spacial score (nSPS) is 10.0. The quantitative estimate of drug-likeness (QED) is 0.572. The Labute approximate surface area is 124 Å². The third kappa shape index (κ3) is 2.03. The molecular weight excluding hydrogens is 288 g/mol. The summed E-state index contributed by atoms with van der Waals surface area (Å²) in [6, 6.07) is 6.09. The van der Waals surface area contributed by atoms with E-state index in [0.717, 1.165) is 20.9 Å². The monoisotopic (exact) mass is 296 g/mol. The number of rotatable bonds is 2. The van der Waals surface area contributed by atoms with E-state index in [1.165, 1.54) is 10.4 Å². The van der Waals surface area contributed by atoms with Crippen molar-refractivity contribution in [2.45, 2.75) is 0 Å². The molecule has 0 nitrogen and oxygen atoms in total. The number of terminal acetylenes is 2. The van der Waals surface area contributed by atoms with E-state index in [0.29, 0.717) is 0 Å². The molecule has 90 valence electrons. The fraction of sp³-hybridized carbons (Fsp3) is 0. The van der Waals surface area contributed by atoms with E-state index in [4.69, 9.17) is 12.8 Å². The van der Waals surface area contributed by atoms with E-state index >= 15 is 0 Å². The lowest BCUT2D eigenvalue weighted by Gasteiger charge is -2.01. The highest BCUT2D eigenvalue weighted by Gasteiger charge is 2.16. The molecule has 0 spiro atoms. The smallest absolute Gasteiger partial charge is 0.0605 e. The largest absolute Gasteiger partial charge is 0.142 e. The van der Waals surface area contributed by atoms with Crippen molar-refractivity contribution in [2.75, 3.05) is 0 Å². The maximum absolute atomic E-state index is 5.56. The maximum Gasteiger partial charge on any atom is 0.0605 e. The van der Waals surface area contributed by atoms with Crippen molar-refractivity contribution in [3.05, 3.63) is 45.5 Å². The molecule has 0 aromatic carbocycles. The van der Waals surface area contributed by atoms with Crippen LogP contribution in [-0.2, 0) is 0 Å². The standard InChI is InChI=1S/C16H8S3/c1-3-11-5-8-17-14(11)13-7-10-19-16(13)15-12(4-2)6-9-18-15/h1-2,5-10H. The third-order valence-corrected chi connectivity index (χ3v) is 5.70. The van der Waals surface area contributed by atoms with Crippen molar-refractivity contribution in [3.63, 3.8) is 0 Å². The van der Waals surface area contributed by atoms with E-state index in [9.17, 15) is 0 Å². The molecule has 19 heavy (non-hydrogen) atoms. The molecule has 0 unspecified atom stereocenters. The van der Waals surface area contributed by atoms with Gasteiger partial charge in [-0.1, -0.05) is 11.8 Å². The molecule has 0 N–H and O–H groups in total. The molecule has 0 saturated heterocycles.